The van der Waals surface area contributed by atoms with Crippen LogP contribution in [-0.4, -0.2) is 0 Å². The van der Waals surface area contributed by atoms with Crippen molar-refractivity contribution in [3.8, 4) is 33.4 Å². The van der Waals surface area contributed by atoms with E-state index < -0.39 is 0 Å². The van der Waals surface area contributed by atoms with Crippen LogP contribution in [0.15, 0.2) is 174 Å². The van der Waals surface area contributed by atoms with Gasteiger partial charge in [-0.3, -0.25) is 0 Å². The van der Waals surface area contributed by atoms with E-state index in [-0.39, 0.29) is 0 Å². The summed E-state index contributed by atoms with van der Waals surface area (Å²) in [5.74, 6) is 0. The predicted molar refractivity (Wildman–Crippen MR) is 200 cm³/mol. The van der Waals surface area contributed by atoms with E-state index in [4.69, 9.17) is 4.42 Å². The highest BCUT2D eigenvalue weighted by Gasteiger charge is 2.19. The number of benzene rings is 9. The van der Waals surface area contributed by atoms with Crippen LogP contribution in [0.1, 0.15) is 0 Å². The summed E-state index contributed by atoms with van der Waals surface area (Å²) in [6, 6.07) is 61.5. The molecule has 0 aliphatic heterocycles. The molecule has 0 bridgehead atoms. The van der Waals surface area contributed by atoms with E-state index in [0.717, 1.165) is 33.1 Å². The van der Waals surface area contributed by atoms with Gasteiger partial charge in [-0.2, -0.15) is 0 Å². The summed E-state index contributed by atoms with van der Waals surface area (Å²) in [6.45, 7) is 0. The zero-order chi connectivity index (χ0) is 30.9. The van der Waals surface area contributed by atoms with Crippen molar-refractivity contribution in [1.82, 2.24) is 0 Å². The Balaban J connectivity index is 1.21. The van der Waals surface area contributed by atoms with E-state index in [9.17, 15) is 0 Å². The average molecular weight is 597 g/mol. The smallest absolute Gasteiger partial charge is 0.143 e. The molecular formula is C46H28O. The first-order valence-corrected chi connectivity index (χ1v) is 16.2. The minimum absolute atomic E-state index is 0.917. The molecule has 9 aromatic carbocycles. The van der Waals surface area contributed by atoms with Crippen LogP contribution in [0.25, 0.3) is 98.4 Å². The lowest BCUT2D eigenvalue weighted by Crippen LogP contribution is -1.91. The molecule has 1 heteroatoms. The van der Waals surface area contributed by atoms with Crippen molar-refractivity contribution in [3.05, 3.63) is 170 Å². The molecule has 0 fully saturated rings. The minimum atomic E-state index is 0.917. The molecule has 10 rings (SSSR count). The lowest BCUT2D eigenvalue weighted by Gasteiger charge is -2.18. The molecule has 47 heavy (non-hydrogen) atoms. The molecule has 0 atom stereocenters. The zero-order valence-electron chi connectivity index (χ0n) is 25.6. The van der Waals surface area contributed by atoms with Gasteiger partial charge in [0.15, 0.2) is 0 Å². The first-order valence-electron chi connectivity index (χ1n) is 16.2. The number of fused-ring (bicyclic) bond motifs is 7. The summed E-state index contributed by atoms with van der Waals surface area (Å²) in [6.07, 6.45) is 0. The second-order valence-electron chi connectivity index (χ2n) is 12.4. The van der Waals surface area contributed by atoms with Crippen LogP contribution in [0, 0.1) is 0 Å². The minimum Gasteiger partial charge on any atom is -0.455 e. The molecule has 0 saturated heterocycles. The summed E-state index contributed by atoms with van der Waals surface area (Å²) < 4.78 is 6.56. The van der Waals surface area contributed by atoms with Crippen molar-refractivity contribution in [2.24, 2.45) is 0 Å². The van der Waals surface area contributed by atoms with Gasteiger partial charge in [-0.15, -0.1) is 0 Å². The third-order valence-electron chi connectivity index (χ3n) is 9.82. The Morgan fingerprint density at radius 2 is 0.745 bits per heavy atom. The molecule has 0 unspecified atom stereocenters. The van der Waals surface area contributed by atoms with Gasteiger partial charge in [-0.25, -0.2) is 0 Å². The standard InChI is InChI=1S/C46H28O/c1-2-12-32-27-34(26-21-29(32)11-1)44-39-18-7-5-16-37(39)43(38-17-6-8-19-40(38)44)30-22-24-31(25-23-30)45-35-14-4-3-13-33(35)28-41-36-15-9-10-20-42(36)47-46(41)45/h1-28H. The van der Waals surface area contributed by atoms with Gasteiger partial charge in [0.1, 0.15) is 11.2 Å². The highest BCUT2D eigenvalue weighted by molar-refractivity contribution is 6.22. The van der Waals surface area contributed by atoms with Crippen molar-refractivity contribution in [2.75, 3.05) is 0 Å². The molecule has 0 radical (unpaired) electrons. The molecule has 0 spiro atoms. The maximum atomic E-state index is 6.56. The van der Waals surface area contributed by atoms with Crippen LogP contribution in [0.3, 0.4) is 0 Å². The lowest BCUT2D eigenvalue weighted by molar-refractivity contribution is 0.670. The van der Waals surface area contributed by atoms with Gasteiger partial charge in [0.05, 0.1) is 0 Å². The summed E-state index contributed by atoms with van der Waals surface area (Å²) >= 11 is 0. The largest absolute Gasteiger partial charge is 0.455 e. The van der Waals surface area contributed by atoms with Gasteiger partial charge in [0.2, 0.25) is 0 Å². The maximum absolute atomic E-state index is 6.56. The van der Waals surface area contributed by atoms with Gasteiger partial charge in [0, 0.05) is 16.3 Å². The van der Waals surface area contributed by atoms with Gasteiger partial charge in [-0.05, 0) is 89.1 Å². The molecule has 1 aromatic heterocycles. The molecular weight excluding hydrogens is 569 g/mol. The highest BCUT2D eigenvalue weighted by Crippen LogP contribution is 2.45. The fourth-order valence-corrected chi connectivity index (χ4v) is 7.71. The predicted octanol–water partition coefficient (Wildman–Crippen LogP) is 13.2. The van der Waals surface area contributed by atoms with Crippen LogP contribution in [-0.2, 0) is 0 Å². The number of rotatable bonds is 3. The third kappa shape index (κ3) is 3.97. The first kappa shape index (κ1) is 26.1. The Bertz CT molecular complexity index is 2780. The van der Waals surface area contributed by atoms with Crippen LogP contribution < -0.4 is 0 Å². The number of furan rings is 1. The van der Waals surface area contributed by atoms with Crippen molar-refractivity contribution in [1.29, 1.82) is 0 Å². The normalized spacial score (nSPS) is 11.8. The van der Waals surface area contributed by atoms with Crippen molar-refractivity contribution in [3.63, 3.8) is 0 Å². The Hall–Kier alpha value is -6.18. The van der Waals surface area contributed by atoms with E-state index in [1.54, 1.807) is 0 Å². The van der Waals surface area contributed by atoms with Crippen LogP contribution in [0.4, 0.5) is 0 Å². The number of para-hydroxylation sites is 1. The topological polar surface area (TPSA) is 13.1 Å². The van der Waals surface area contributed by atoms with Crippen LogP contribution in [0.2, 0.25) is 0 Å². The number of hydrogen-bond donors (Lipinski definition) is 0. The van der Waals surface area contributed by atoms with Gasteiger partial charge >= 0.3 is 0 Å². The molecule has 0 aliphatic carbocycles. The van der Waals surface area contributed by atoms with Crippen LogP contribution in [0.5, 0.6) is 0 Å². The molecule has 0 aliphatic rings. The van der Waals surface area contributed by atoms with Gasteiger partial charge < -0.3 is 4.42 Å². The SMILES string of the molecule is c1ccc2cc(-c3c4ccccc4c(-c4ccc(-c5c6ccccc6cc6c5oc5ccccc56)cc4)c4ccccc34)ccc2c1. The Labute approximate surface area is 271 Å². The van der Waals surface area contributed by atoms with Crippen molar-refractivity contribution in [2.45, 2.75) is 0 Å². The van der Waals surface area contributed by atoms with Crippen LogP contribution >= 0.6 is 0 Å². The summed E-state index contributed by atoms with van der Waals surface area (Å²) in [7, 11) is 0. The molecule has 0 amide bonds. The second-order valence-corrected chi connectivity index (χ2v) is 12.4. The zero-order valence-corrected chi connectivity index (χ0v) is 25.6. The molecule has 218 valence electrons. The lowest BCUT2D eigenvalue weighted by atomic mass is 9.85. The monoisotopic (exact) mass is 596 g/mol. The van der Waals surface area contributed by atoms with Gasteiger partial charge in [0.25, 0.3) is 0 Å². The Kier molecular flexibility index (Phi) is 5.64. The summed E-state index contributed by atoms with van der Waals surface area (Å²) in [5, 5.41) is 12.3. The van der Waals surface area contributed by atoms with Crippen molar-refractivity contribution < 1.29 is 4.42 Å². The fraction of sp³-hybridized carbons (Fsp3) is 0. The fourth-order valence-electron chi connectivity index (χ4n) is 7.71. The van der Waals surface area contributed by atoms with E-state index in [1.807, 2.05) is 6.07 Å². The van der Waals surface area contributed by atoms with E-state index in [0.29, 0.717) is 0 Å². The highest BCUT2D eigenvalue weighted by atomic mass is 16.3. The maximum Gasteiger partial charge on any atom is 0.143 e. The molecule has 10 aromatic rings. The molecule has 0 saturated carbocycles. The Morgan fingerprint density at radius 3 is 1.40 bits per heavy atom. The molecule has 1 nitrogen and oxygen atoms in total. The first-order chi connectivity index (χ1) is 23.3. The van der Waals surface area contributed by atoms with Gasteiger partial charge in [-0.1, -0.05) is 152 Å². The number of hydrogen-bond acceptors (Lipinski definition) is 1. The van der Waals surface area contributed by atoms with Crippen molar-refractivity contribution >= 4 is 65.0 Å². The second kappa shape index (κ2) is 10.2. The molecule has 1 heterocycles. The third-order valence-corrected chi connectivity index (χ3v) is 9.82. The van der Waals surface area contributed by atoms with E-state index in [2.05, 4.69) is 164 Å². The quantitative estimate of drug-likeness (QED) is 0.185. The average Bonchev–Trinajstić information content (AvgIpc) is 3.51. The molecule has 0 N–H and O–H groups in total. The van der Waals surface area contributed by atoms with E-state index in [1.165, 1.54) is 65.3 Å². The summed E-state index contributed by atoms with van der Waals surface area (Å²) in [5.41, 5.74) is 9.13. The summed E-state index contributed by atoms with van der Waals surface area (Å²) in [4.78, 5) is 0. The Morgan fingerprint density at radius 1 is 0.277 bits per heavy atom. The van der Waals surface area contributed by atoms with E-state index >= 15 is 0 Å².